The standard InChI is InChI=1S/C17H18ClN3O2.ClH/c1-11-8-13(9-16(18)20-11)17(22)21-14-4-2-12(3-5-14)15-10-19-6-7-23-15;/h2-5,8-9,15,19H,6-7,10H2,1H3,(H,21,22);1H/t15-;/m0./s1. The molecule has 1 aromatic carbocycles. The average molecular weight is 368 g/mol. The molecule has 0 unspecified atom stereocenters. The van der Waals surface area contributed by atoms with Crippen molar-refractivity contribution in [1.29, 1.82) is 0 Å². The summed E-state index contributed by atoms with van der Waals surface area (Å²) in [4.78, 5) is 16.3. The Morgan fingerprint density at radius 2 is 2.08 bits per heavy atom. The number of morpholine rings is 1. The number of rotatable bonds is 3. The van der Waals surface area contributed by atoms with E-state index in [1.54, 1.807) is 19.1 Å². The van der Waals surface area contributed by atoms with Gasteiger partial charge in [0.25, 0.3) is 5.91 Å². The number of ether oxygens (including phenoxy) is 1. The van der Waals surface area contributed by atoms with Crippen molar-refractivity contribution in [3.8, 4) is 0 Å². The number of nitrogens with one attached hydrogen (secondary N) is 2. The number of aromatic nitrogens is 1. The molecule has 2 N–H and O–H groups in total. The Balaban J connectivity index is 0.00000208. The molecule has 0 aliphatic carbocycles. The van der Waals surface area contributed by atoms with E-state index in [1.165, 1.54) is 0 Å². The Kier molecular flexibility index (Phi) is 6.57. The molecule has 1 saturated heterocycles. The monoisotopic (exact) mass is 367 g/mol. The van der Waals surface area contributed by atoms with E-state index in [9.17, 15) is 4.79 Å². The highest BCUT2D eigenvalue weighted by Gasteiger charge is 2.15. The number of hydrogen-bond donors (Lipinski definition) is 2. The molecule has 1 aliphatic heterocycles. The number of halogens is 2. The quantitative estimate of drug-likeness (QED) is 0.816. The van der Waals surface area contributed by atoms with E-state index in [2.05, 4.69) is 15.6 Å². The zero-order chi connectivity index (χ0) is 16.2. The normalized spacial score (nSPS) is 17.0. The number of benzene rings is 1. The van der Waals surface area contributed by atoms with Gasteiger partial charge in [0.1, 0.15) is 5.15 Å². The van der Waals surface area contributed by atoms with Gasteiger partial charge in [-0.3, -0.25) is 4.79 Å². The number of carbonyl (C=O) groups is 1. The smallest absolute Gasteiger partial charge is 0.255 e. The number of anilines is 1. The summed E-state index contributed by atoms with van der Waals surface area (Å²) in [5.74, 6) is -0.208. The molecule has 0 radical (unpaired) electrons. The van der Waals surface area contributed by atoms with Crippen LogP contribution < -0.4 is 10.6 Å². The lowest BCUT2D eigenvalue weighted by atomic mass is 10.1. The third kappa shape index (κ3) is 4.68. The largest absolute Gasteiger partial charge is 0.371 e. The highest BCUT2D eigenvalue weighted by atomic mass is 35.5. The van der Waals surface area contributed by atoms with Crippen LogP contribution in [0.15, 0.2) is 36.4 Å². The lowest BCUT2D eigenvalue weighted by Crippen LogP contribution is -2.33. The topological polar surface area (TPSA) is 63.2 Å². The minimum Gasteiger partial charge on any atom is -0.371 e. The van der Waals surface area contributed by atoms with Crippen molar-refractivity contribution in [1.82, 2.24) is 10.3 Å². The van der Waals surface area contributed by atoms with Gasteiger partial charge in [-0.15, -0.1) is 12.4 Å². The van der Waals surface area contributed by atoms with Gasteiger partial charge in [0.15, 0.2) is 0 Å². The molecule has 0 spiro atoms. The zero-order valence-corrected chi connectivity index (χ0v) is 14.8. The Morgan fingerprint density at radius 1 is 1.33 bits per heavy atom. The Hall–Kier alpha value is -1.66. The second-order valence-electron chi connectivity index (χ2n) is 5.46. The number of nitrogens with zero attached hydrogens (tertiary/aromatic N) is 1. The molecule has 0 saturated carbocycles. The van der Waals surface area contributed by atoms with E-state index < -0.39 is 0 Å². The number of pyridine rings is 1. The molecule has 24 heavy (non-hydrogen) atoms. The van der Waals surface area contributed by atoms with E-state index in [0.29, 0.717) is 23.0 Å². The van der Waals surface area contributed by atoms with Gasteiger partial charge in [-0.1, -0.05) is 23.7 Å². The van der Waals surface area contributed by atoms with Crippen LogP contribution in [0.2, 0.25) is 5.15 Å². The van der Waals surface area contributed by atoms with Gasteiger partial charge in [-0.2, -0.15) is 0 Å². The van der Waals surface area contributed by atoms with Crippen LogP contribution in [0.1, 0.15) is 27.7 Å². The maximum atomic E-state index is 12.3. The Morgan fingerprint density at radius 3 is 2.71 bits per heavy atom. The van der Waals surface area contributed by atoms with Crippen LogP contribution in [0, 0.1) is 6.92 Å². The SMILES string of the molecule is Cc1cc(C(=O)Nc2ccc([C@@H]3CNCCO3)cc2)cc(Cl)n1.Cl. The van der Waals surface area contributed by atoms with Gasteiger partial charge in [-0.25, -0.2) is 4.98 Å². The van der Waals surface area contributed by atoms with Crippen molar-refractivity contribution >= 4 is 35.6 Å². The van der Waals surface area contributed by atoms with Gasteiger partial charge >= 0.3 is 0 Å². The van der Waals surface area contributed by atoms with Crippen molar-refractivity contribution in [2.75, 3.05) is 25.0 Å². The highest BCUT2D eigenvalue weighted by molar-refractivity contribution is 6.29. The fraction of sp³-hybridized carbons (Fsp3) is 0.294. The first-order chi connectivity index (χ1) is 11.1. The van der Waals surface area contributed by atoms with Crippen molar-refractivity contribution in [2.24, 2.45) is 0 Å². The number of hydrogen-bond acceptors (Lipinski definition) is 4. The number of carbonyl (C=O) groups excluding carboxylic acids is 1. The molecule has 7 heteroatoms. The van der Waals surface area contributed by atoms with E-state index >= 15 is 0 Å². The number of aryl methyl sites for hydroxylation is 1. The third-order valence-electron chi connectivity index (χ3n) is 3.65. The van der Waals surface area contributed by atoms with E-state index in [1.807, 2.05) is 24.3 Å². The summed E-state index contributed by atoms with van der Waals surface area (Å²) in [6, 6.07) is 11.0. The van der Waals surface area contributed by atoms with E-state index in [0.717, 1.165) is 24.3 Å². The Labute approximate surface area is 152 Å². The van der Waals surface area contributed by atoms with Crippen LogP contribution >= 0.6 is 24.0 Å². The van der Waals surface area contributed by atoms with Crippen LogP contribution in [0.25, 0.3) is 0 Å². The second-order valence-corrected chi connectivity index (χ2v) is 5.85. The molecule has 5 nitrogen and oxygen atoms in total. The molecule has 2 aromatic rings. The van der Waals surface area contributed by atoms with Crippen molar-refractivity contribution < 1.29 is 9.53 Å². The van der Waals surface area contributed by atoms with Gasteiger partial charge in [-0.05, 0) is 36.8 Å². The maximum Gasteiger partial charge on any atom is 0.255 e. The predicted octanol–water partition coefficient (Wildman–Crippen LogP) is 3.38. The predicted molar refractivity (Wildman–Crippen MR) is 97.2 cm³/mol. The van der Waals surface area contributed by atoms with Crippen molar-refractivity contribution in [2.45, 2.75) is 13.0 Å². The summed E-state index contributed by atoms with van der Waals surface area (Å²) in [5, 5.41) is 6.47. The molecule has 0 bridgehead atoms. The first-order valence-electron chi connectivity index (χ1n) is 7.49. The average Bonchev–Trinajstić information content (AvgIpc) is 2.55. The summed E-state index contributed by atoms with van der Waals surface area (Å²) in [5.41, 5.74) is 3.03. The van der Waals surface area contributed by atoms with Crippen LogP contribution in [0.5, 0.6) is 0 Å². The lowest BCUT2D eigenvalue weighted by molar-refractivity contribution is 0.0277. The maximum absolute atomic E-state index is 12.3. The number of amides is 1. The zero-order valence-electron chi connectivity index (χ0n) is 13.2. The second kappa shape index (κ2) is 8.44. The van der Waals surface area contributed by atoms with Crippen LogP contribution in [0.4, 0.5) is 5.69 Å². The van der Waals surface area contributed by atoms with Crippen LogP contribution in [-0.4, -0.2) is 30.6 Å². The molecule has 128 valence electrons. The molecular formula is C17H19Cl2N3O2. The molecule has 3 rings (SSSR count). The van der Waals surface area contributed by atoms with E-state index in [4.69, 9.17) is 16.3 Å². The highest BCUT2D eigenvalue weighted by Crippen LogP contribution is 2.21. The minimum absolute atomic E-state index is 0. The molecular weight excluding hydrogens is 349 g/mol. The minimum atomic E-state index is -0.208. The summed E-state index contributed by atoms with van der Waals surface area (Å²) in [6.45, 7) is 4.21. The summed E-state index contributed by atoms with van der Waals surface area (Å²) in [6.07, 6.45) is 0.0650. The molecule has 1 aromatic heterocycles. The molecule has 2 heterocycles. The molecule has 1 amide bonds. The van der Waals surface area contributed by atoms with Gasteiger partial charge in [0, 0.05) is 30.0 Å². The van der Waals surface area contributed by atoms with Gasteiger partial charge in [0.2, 0.25) is 0 Å². The summed E-state index contributed by atoms with van der Waals surface area (Å²) >= 11 is 5.89. The Bertz CT molecular complexity index is 681. The summed E-state index contributed by atoms with van der Waals surface area (Å²) < 4.78 is 5.71. The van der Waals surface area contributed by atoms with Crippen molar-refractivity contribution in [3.05, 3.63) is 58.4 Å². The van der Waals surface area contributed by atoms with Gasteiger partial charge in [0.05, 0.1) is 12.7 Å². The first-order valence-corrected chi connectivity index (χ1v) is 7.87. The first kappa shape index (κ1) is 18.7. The van der Waals surface area contributed by atoms with E-state index in [-0.39, 0.29) is 24.4 Å². The lowest BCUT2D eigenvalue weighted by Gasteiger charge is -2.24. The molecule has 1 aliphatic rings. The fourth-order valence-electron chi connectivity index (χ4n) is 2.52. The fourth-order valence-corrected chi connectivity index (χ4v) is 2.77. The van der Waals surface area contributed by atoms with Gasteiger partial charge < -0.3 is 15.4 Å². The molecule has 1 fully saturated rings. The van der Waals surface area contributed by atoms with Crippen LogP contribution in [-0.2, 0) is 4.74 Å². The van der Waals surface area contributed by atoms with Crippen molar-refractivity contribution in [3.63, 3.8) is 0 Å². The third-order valence-corrected chi connectivity index (χ3v) is 3.85. The van der Waals surface area contributed by atoms with Crippen LogP contribution in [0.3, 0.4) is 0 Å². The summed E-state index contributed by atoms with van der Waals surface area (Å²) in [7, 11) is 0. The molecule has 1 atom stereocenters.